The summed E-state index contributed by atoms with van der Waals surface area (Å²) >= 11 is 0. The van der Waals surface area contributed by atoms with Crippen molar-refractivity contribution in [3.05, 3.63) is 0 Å². The zero-order valence-electron chi connectivity index (χ0n) is 18.1. The van der Waals surface area contributed by atoms with Crippen LogP contribution in [0.5, 0.6) is 0 Å². The minimum Gasteiger partial charge on any atom is -0.463 e. The molecule has 2 saturated carbocycles. The van der Waals surface area contributed by atoms with Gasteiger partial charge in [0.1, 0.15) is 6.61 Å². The quantitative estimate of drug-likeness (QED) is 0.280. The summed E-state index contributed by atoms with van der Waals surface area (Å²) in [4.78, 5) is 11.7. The van der Waals surface area contributed by atoms with Crippen molar-refractivity contribution in [2.24, 2.45) is 17.8 Å². The molecule has 0 amide bonds. The van der Waals surface area contributed by atoms with Crippen LogP contribution in [0.1, 0.15) is 110 Å². The van der Waals surface area contributed by atoms with Crippen molar-refractivity contribution in [2.45, 2.75) is 116 Å². The minimum atomic E-state index is -0.0515. The van der Waals surface area contributed by atoms with Gasteiger partial charge in [-0.2, -0.15) is 0 Å². The number of hydrogen-bond acceptors (Lipinski definition) is 3. The van der Waals surface area contributed by atoms with E-state index in [0.29, 0.717) is 25.7 Å². The first-order chi connectivity index (χ1) is 13.2. The summed E-state index contributed by atoms with van der Waals surface area (Å²) in [6.45, 7) is 5.62. The highest BCUT2D eigenvalue weighted by molar-refractivity contribution is 5.69. The standard InChI is InChI=1S/C24H44O3/c1-3-4-5-6-7-8-9-24(25)27-19-18-26-23-16-14-22(15-17-23)21-12-10-20(2)11-13-21/h20-23H,3-19H2,1-2H3. The average molecular weight is 381 g/mol. The zero-order chi connectivity index (χ0) is 19.3. The molecule has 0 saturated heterocycles. The monoisotopic (exact) mass is 380 g/mol. The fourth-order valence-electron chi connectivity index (χ4n) is 4.98. The molecule has 0 aromatic heterocycles. The summed E-state index contributed by atoms with van der Waals surface area (Å²) in [6.07, 6.45) is 19.0. The zero-order valence-corrected chi connectivity index (χ0v) is 18.1. The lowest BCUT2D eigenvalue weighted by Gasteiger charge is -2.37. The van der Waals surface area contributed by atoms with Gasteiger partial charge in [-0.05, 0) is 62.7 Å². The Morgan fingerprint density at radius 1 is 0.778 bits per heavy atom. The van der Waals surface area contributed by atoms with Gasteiger partial charge < -0.3 is 9.47 Å². The molecule has 3 nitrogen and oxygen atoms in total. The topological polar surface area (TPSA) is 35.5 Å². The largest absolute Gasteiger partial charge is 0.463 e. The van der Waals surface area contributed by atoms with Gasteiger partial charge in [-0.1, -0.05) is 58.8 Å². The number of rotatable bonds is 12. The van der Waals surface area contributed by atoms with Gasteiger partial charge in [0.15, 0.2) is 0 Å². The van der Waals surface area contributed by atoms with E-state index in [4.69, 9.17) is 9.47 Å². The number of carbonyl (C=O) groups is 1. The van der Waals surface area contributed by atoms with E-state index in [2.05, 4.69) is 13.8 Å². The van der Waals surface area contributed by atoms with E-state index >= 15 is 0 Å². The Morgan fingerprint density at radius 2 is 1.37 bits per heavy atom. The van der Waals surface area contributed by atoms with Crippen molar-refractivity contribution in [1.29, 1.82) is 0 Å². The van der Waals surface area contributed by atoms with E-state index in [0.717, 1.165) is 30.6 Å². The van der Waals surface area contributed by atoms with Crippen LogP contribution >= 0.6 is 0 Å². The molecular weight excluding hydrogens is 336 g/mol. The molecule has 2 aliphatic rings. The van der Waals surface area contributed by atoms with E-state index < -0.39 is 0 Å². The van der Waals surface area contributed by atoms with E-state index in [1.54, 1.807) is 0 Å². The van der Waals surface area contributed by atoms with Crippen molar-refractivity contribution in [3.8, 4) is 0 Å². The first-order valence-electron chi connectivity index (χ1n) is 12.0. The van der Waals surface area contributed by atoms with Gasteiger partial charge >= 0.3 is 5.97 Å². The number of esters is 1. The molecule has 2 aliphatic carbocycles. The van der Waals surface area contributed by atoms with Crippen molar-refractivity contribution in [1.82, 2.24) is 0 Å². The van der Waals surface area contributed by atoms with Crippen molar-refractivity contribution < 1.29 is 14.3 Å². The Hall–Kier alpha value is -0.570. The third kappa shape index (κ3) is 9.45. The van der Waals surface area contributed by atoms with Crippen LogP contribution in [0.2, 0.25) is 0 Å². The molecule has 0 aliphatic heterocycles. The van der Waals surface area contributed by atoms with Gasteiger partial charge in [0.2, 0.25) is 0 Å². The van der Waals surface area contributed by atoms with Crippen molar-refractivity contribution >= 4 is 5.97 Å². The molecule has 0 spiro atoms. The Balaban J connectivity index is 1.43. The summed E-state index contributed by atoms with van der Waals surface area (Å²) in [5, 5.41) is 0. The minimum absolute atomic E-state index is 0.0515. The lowest BCUT2D eigenvalue weighted by Crippen LogP contribution is -2.29. The van der Waals surface area contributed by atoms with Gasteiger partial charge in [-0.15, -0.1) is 0 Å². The molecule has 158 valence electrons. The highest BCUT2D eigenvalue weighted by atomic mass is 16.6. The molecule has 0 unspecified atom stereocenters. The Labute approximate surface area is 168 Å². The lowest BCUT2D eigenvalue weighted by molar-refractivity contribution is -0.146. The molecule has 2 fully saturated rings. The van der Waals surface area contributed by atoms with Crippen LogP contribution < -0.4 is 0 Å². The van der Waals surface area contributed by atoms with Crippen molar-refractivity contribution in [3.63, 3.8) is 0 Å². The van der Waals surface area contributed by atoms with Crippen LogP contribution in [0.25, 0.3) is 0 Å². The van der Waals surface area contributed by atoms with Gasteiger partial charge in [0.05, 0.1) is 12.7 Å². The van der Waals surface area contributed by atoms with Crippen LogP contribution in [-0.2, 0) is 14.3 Å². The average Bonchev–Trinajstić information content (AvgIpc) is 2.69. The van der Waals surface area contributed by atoms with Gasteiger partial charge in [-0.25, -0.2) is 0 Å². The molecule has 27 heavy (non-hydrogen) atoms. The summed E-state index contributed by atoms with van der Waals surface area (Å²) < 4.78 is 11.3. The molecule has 0 radical (unpaired) electrons. The maximum absolute atomic E-state index is 11.7. The fraction of sp³-hybridized carbons (Fsp3) is 0.958. The molecule has 0 bridgehead atoms. The molecular formula is C24H44O3. The number of hydrogen-bond donors (Lipinski definition) is 0. The normalized spacial score (nSPS) is 28.8. The van der Waals surface area contributed by atoms with E-state index in [1.807, 2.05) is 0 Å². The second-order valence-corrected chi connectivity index (χ2v) is 9.17. The smallest absolute Gasteiger partial charge is 0.305 e. The summed E-state index contributed by atoms with van der Waals surface area (Å²) in [5.74, 6) is 2.81. The number of carbonyl (C=O) groups excluding carboxylic acids is 1. The molecule has 0 N–H and O–H groups in total. The SMILES string of the molecule is CCCCCCCCC(=O)OCCOC1CCC(C2CCC(C)CC2)CC1. The predicted octanol–water partition coefficient (Wildman–Crippen LogP) is 6.68. The van der Waals surface area contributed by atoms with Crippen LogP contribution in [-0.4, -0.2) is 25.3 Å². The molecule has 3 heteroatoms. The van der Waals surface area contributed by atoms with E-state index in [1.165, 1.54) is 77.0 Å². The van der Waals surface area contributed by atoms with Crippen LogP contribution in [0, 0.1) is 17.8 Å². The summed E-state index contributed by atoms with van der Waals surface area (Å²) in [6, 6.07) is 0. The first-order valence-corrected chi connectivity index (χ1v) is 12.0. The molecule has 0 aromatic rings. The van der Waals surface area contributed by atoms with Crippen LogP contribution in [0.3, 0.4) is 0 Å². The fourth-order valence-corrected chi connectivity index (χ4v) is 4.98. The van der Waals surface area contributed by atoms with E-state index in [-0.39, 0.29) is 5.97 Å². The highest BCUT2D eigenvalue weighted by Gasteiger charge is 2.30. The van der Waals surface area contributed by atoms with Crippen molar-refractivity contribution in [2.75, 3.05) is 13.2 Å². The number of unbranched alkanes of at least 4 members (excludes halogenated alkanes) is 5. The lowest BCUT2D eigenvalue weighted by atomic mass is 9.71. The Kier molecular flexibility index (Phi) is 11.4. The molecule has 0 atom stereocenters. The summed E-state index contributed by atoms with van der Waals surface area (Å²) in [5.41, 5.74) is 0. The van der Waals surface area contributed by atoms with Crippen LogP contribution in [0.4, 0.5) is 0 Å². The molecule has 2 rings (SSSR count). The maximum atomic E-state index is 11.7. The Bertz CT molecular complexity index is 379. The molecule has 0 aromatic carbocycles. The number of ether oxygens (including phenoxy) is 2. The second kappa shape index (κ2) is 13.6. The van der Waals surface area contributed by atoms with E-state index in [9.17, 15) is 4.79 Å². The van der Waals surface area contributed by atoms with Gasteiger partial charge in [0.25, 0.3) is 0 Å². The van der Waals surface area contributed by atoms with Crippen LogP contribution in [0.15, 0.2) is 0 Å². The Morgan fingerprint density at radius 3 is 2.04 bits per heavy atom. The van der Waals surface area contributed by atoms with Gasteiger partial charge in [0, 0.05) is 6.42 Å². The summed E-state index contributed by atoms with van der Waals surface area (Å²) in [7, 11) is 0. The second-order valence-electron chi connectivity index (χ2n) is 9.17. The highest BCUT2D eigenvalue weighted by Crippen LogP contribution is 2.40. The van der Waals surface area contributed by atoms with Gasteiger partial charge in [-0.3, -0.25) is 4.79 Å². The maximum Gasteiger partial charge on any atom is 0.305 e. The predicted molar refractivity (Wildman–Crippen MR) is 112 cm³/mol. The first kappa shape index (κ1) is 22.7. The third-order valence-electron chi connectivity index (χ3n) is 6.88. The third-order valence-corrected chi connectivity index (χ3v) is 6.88. The molecule has 0 heterocycles.